The van der Waals surface area contributed by atoms with Crippen LogP contribution in [0.4, 0.5) is 0 Å². The molecule has 0 fully saturated rings. The first kappa shape index (κ1) is 14.3. The van der Waals surface area contributed by atoms with Gasteiger partial charge in [0, 0.05) is 5.69 Å². The molecule has 0 spiro atoms. The van der Waals surface area contributed by atoms with Gasteiger partial charge in [-0.3, -0.25) is 4.79 Å². The standard InChI is InChI=1S/C16H20N2O2/c1-10(2)15-8-13(9-16(19)20)17-18(15)14-6-5-11(3)12(4)7-14/h5-8,10H,9H2,1-4H3,(H,19,20). The van der Waals surface area contributed by atoms with Crippen molar-refractivity contribution in [2.45, 2.75) is 40.0 Å². The molecular formula is C16H20N2O2. The topological polar surface area (TPSA) is 55.1 Å². The van der Waals surface area contributed by atoms with Gasteiger partial charge in [-0.05, 0) is 49.1 Å². The number of carboxylic acids is 1. The van der Waals surface area contributed by atoms with E-state index in [0.29, 0.717) is 5.69 Å². The molecule has 0 aliphatic rings. The first-order chi connectivity index (χ1) is 9.38. The summed E-state index contributed by atoms with van der Waals surface area (Å²) in [5, 5.41) is 13.4. The van der Waals surface area contributed by atoms with Gasteiger partial charge in [-0.15, -0.1) is 0 Å². The molecule has 4 heteroatoms. The lowest BCUT2D eigenvalue weighted by molar-refractivity contribution is -0.136. The number of hydrogen-bond acceptors (Lipinski definition) is 2. The van der Waals surface area contributed by atoms with E-state index >= 15 is 0 Å². The average Bonchev–Trinajstić information content (AvgIpc) is 2.76. The van der Waals surface area contributed by atoms with Crippen molar-refractivity contribution in [2.75, 3.05) is 0 Å². The highest BCUT2D eigenvalue weighted by Gasteiger charge is 2.14. The highest BCUT2D eigenvalue weighted by molar-refractivity contribution is 5.69. The Morgan fingerprint density at radius 1 is 1.25 bits per heavy atom. The second-order valence-corrected chi connectivity index (χ2v) is 5.47. The van der Waals surface area contributed by atoms with Crippen molar-refractivity contribution < 1.29 is 9.90 Å². The molecule has 0 unspecified atom stereocenters. The van der Waals surface area contributed by atoms with E-state index in [0.717, 1.165) is 11.4 Å². The van der Waals surface area contributed by atoms with E-state index in [4.69, 9.17) is 5.11 Å². The quantitative estimate of drug-likeness (QED) is 0.929. The van der Waals surface area contributed by atoms with E-state index in [1.807, 2.05) is 16.8 Å². The largest absolute Gasteiger partial charge is 0.481 e. The summed E-state index contributed by atoms with van der Waals surface area (Å²) in [4.78, 5) is 10.8. The molecule has 2 rings (SSSR count). The van der Waals surface area contributed by atoms with Gasteiger partial charge in [0.15, 0.2) is 0 Å². The highest BCUT2D eigenvalue weighted by atomic mass is 16.4. The van der Waals surface area contributed by atoms with Crippen LogP contribution in [0.15, 0.2) is 24.3 Å². The fourth-order valence-corrected chi connectivity index (χ4v) is 2.16. The lowest BCUT2D eigenvalue weighted by Crippen LogP contribution is -2.05. The van der Waals surface area contributed by atoms with Crippen molar-refractivity contribution in [3.8, 4) is 5.69 Å². The van der Waals surface area contributed by atoms with Crippen LogP contribution in [0.2, 0.25) is 0 Å². The van der Waals surface area contributed by atoms with Gasteiger partial charge < -0.3 is 5.11 Å². The van der Waals surface area contributed by atoms with Crippen LogP contribution in [-0.2, 0) is 11.2 Å². The second kappa shape index (κ2) is 5.49. The summed E-state index contributed by atoms with van der Waals surface area (Å²) in [5.41, 5.74) is 5.04. The Morgan fingerprint density at radius 2 is 1.95 bits per heavy atom. The molecule has 0 amide bonds. The Labute approximate surface area is 119 Å². The Kier molecular flexibility index (Phi) is 3.93. The average molecular weight is 272 g/mol. The smallest absolute Gasteiger partial charge is 0.309 e. The third kappa shape index (κ3) is 2.90. The molecule has 2 aromatic rings. The number of aliphatic carboxylic acids is 1. The summed E-state index contributed by atoms with van der Waals surface area (Å²) in [5.74, 6) is -0.573. The molecular weight excluding hydrogens is 252 g/mol. The van der Waals surface area contributed by atoms with Gasteiger partial charge in [0.05, 0.1) is 17.8 Å². The summed E-state index contributed by atoms with van der Waals surface area (Å²) >= 11 is 0. The van der Waals surface area contributed by atoms with Gasteiger partial charge in [0.1, 0.15) is 0 Å². The van der Waals surface area contributed by atoms with Gasteiger partial charge in [0.2, 0.25) is 0 Å². The SMILES string of the molecule is Cc1ccc(-n2nc(CC(=O)O)cc2C(C)C)cc1C. The van der Waals surface area contributed by atoms with E-state index in [1.165, 1.54) is 11.1 Å². The molecule has 0 radical (unpaired) electrons. The molecule has 1 aromatic heterocycles. The predicted octanol–water partition coefficient (Wildman–Crippen LogP) is 3.24. The van der Waals surface area contributed by atoms with Crippen LogP contribution in [0.5, 0.6) is 0 Å². The Balaban J connectivity index is 2.50. The number of aryl methyl sites for hydroxylation is 2. The maximum atomic E-state index is 10.8. The molecule has 1 heterocycles. The second-order valence-electron chi connectivity index (χ2n) is 5.47. The number of nitrogens with zero attached hydrogens (tertiary/aromatic N) is 2. The molecule has 0 saturated heterocycles. The molecule has 4 nitrogen and oxygen atoms in total. The fraction of sp³-hybridized carbons (Fsp3) is 0.375. The van der Waals surface area contributed by atoms with Crippen molar-refractivity contribution in [3.05, 3.63) is 46.8 Å². The summed E-state index contributed by atoms with van der Waals surface area (Å²) in [6.45, 7) is 8.30. The third-order valence-corrected chi connectivity index (χ3v) is 3.45. The molecule has 1 N–H and O–H groups in total. The molecule has 0 aliphatic heterocycles. The molecule has 0 bridgehead atoms. The van der Waals surface area contributed by atoms with Gasteiger partial charge >= 0.3 is 5.97 Å². The zero-order valence-electron chi connectivity index (χ0n) is 12.3. The van der Waals surface area contributed by atoms with Gasteiger partial charge in [-0.25, -0.2) is 4.68 Å². The minimum absolute atomic E-state index is 0.0441. The minimum atomic E-state index is -0.856. The van der Waals surface area contributed by atoms with Crippen molar-refractivity contribution in [2.24, 2.45) is 0 Å². The Hall–Kier alpha value is -2.10. The number of carbonyl (C=O) groups is 1. The van der Waals surface area contributed by atoms with Crippen molar-refractivity contribution in [1.29, 1.82) is 0 Å². The maximum absolute atomic E-state index is 10.8. The molecule has 1 aromatic carbocycles. The first-order valence-corrected chi connectivity index (χ1v) is 6.76. The number of aromatic nitrogens is 2. The minimum Gasteiger partial charge on any atom is -0.481 e. The molecule has 106 valence electrons. The van der Waals surface area contributed by atoms with E-state index in [9.17, 15) is 4.79 Å². The zero-order valence-corrected chi connectivity index (χ0v) is 12.3. The lowest BCUT2D eigenvalue weighted by Gasteiger charge is -2.11. The first-order valence-electron chi connectivity index (χ1n) is 6.76. The van der Waals surface area contributed by atoms with Crippen LogP contribution in [0, 0.1) is 13.8 Å². The van der Waals surface area contributed by atoms with E-state index in [2.05, 4.69) is 44.9 Å². The van der Waals surface area contributed by atoms with Crippen LogP contribution in [0.3, 0.4) is 0 Å². The molecule has 0 saturated carbocycles. The molecule has 0 aliphatic carbocycles. The third-order valence-electron chi connectivity index (χ3n) is 3.45. The van der Waals surface area contributed by atoms with Crippen LogP contribution in [0.1, 0.15) is 42.3 Å². The number of carboxylic acid groups (broad SMARTS) is 1. The fourth-order valence-electron chi connectivity index (χ4n) is 2.16. The van der Waals surface area contributed by atoms with E-state index in [-0.39, 0.29) is 12.3 Å². The van der Waals surface area contributed by atoms with Crippen LogP contribution >= 0.6 is 0 Å². The van der Waals surface area contributed by atoms with E-state index < -0.39 is 5.97 Å². The maximum Gasteiger partial charge on any atom is 0.309 e. The summed E-state index contributed by atoms with van der Waals surface area (Å²) in [7, 11) is 0. The summed E-state index contributed by atoms with van der Waals surface area (Å²) < 4.78 is 1.86. The zero-order chi connectivity index (χ0) is 14.9. The van der Waals surface area contributed by atoms with Gasteiger partial charge in [-0.2, -0.15) is 5.10 Å². The Morgan fingerprint density at radius 3 is 2.50 bits per heavy atom. The van der Waals surface area contributed by atoms with Crippen LogP contribution < -0.4 is 0 Å². The summed E-state index contributed by atoms with van der Waals surface area (Å²) in [6.07, 6.45) is -0.0441. The Bertz CT molecular complexity index is 642. The normalized spacial score (nSPS) is 11.1. The number of hydrogen-bond donors (Lipinski definition) is 1. The van der Waals surface area contributed by atoms with Gasteiger partial charge in [0.25, 0.3) is 0 Å². The van der Waals surface area contributed by atoms with Gasteiger partial charge in [-0.1, -0.05) is 19.9 Å². The molecule has 20 heavy (non-hydrogen) atoms. The molecule has 0 atom stereocenters. The number of rotatable bonds is 4. The van der Waals surface area contributed by atoms with Crippen molar-refractivity contribution in [1.82, 2.24) is 9.78 Å². The number of benzene rings is 1. The summed E-state index contributed by atoms with van der Waals surface area (Å²) in [6, 6.07) is 8.05. The predicted molar refractivity (Wildman–Crippen MR) is 78.5 cm³/mol. The highest BCUT2D eigenvalue weighted by Crippen LogP contribution is 2.22. The van der Waals surface area contributed by atoms with Crippen LogP contribution in [-0.4, -0.2) is 20.9 Å². The van der Waals surface area contributed by atoms with Crippen molar-refractivity contribution in [3.63, 3.8) is 0 Å². The van der Waals surface area contributed by atoms with Crippen LogP contribution in [0.25, 0.3) is 5.69 Å². The van der Waals surface area contributed by atoms with E-state index in [1.54, 1.807) is 0 Å². The lowest BCUT2D eigenvalue weighted by atomic mass is 10.1. The monoisotopic (exact) mass is 272 g/mol. The van der Waals surface area contributed by atoms with Crippen molar-refractivity contribution >= 4 is 5.97 Å².